The first-order valence-corrected chi connectivity index (χ1v) is 5.62. The Bertz CT molecular complexity index is 500. The van der Waals surface area contributed by atoms with Crippen LogP contribution in [0.15, 0.2) is 36.7 Å². The van der Waals surface area contributed by atoms with Crippen molar-refractivity contribution >= 4 is 5.82 Å². The number of nitrogens with zero attached hydrogens (tertiary/aromatic N) is 2. The molecule has 2 aromatic rings. The SMILES string of the molecule is CCCNc1cc(-c2ccccc2F)ncn1. The number of hydrogen-bond acceptors (Lipinski definition) is 3. The molecule has 0 fully saturated rings. The fraction of sp³-hybridized carbons (Fsp3) is 0.231. The van der Waals surface area contributed by atoms with Crippen LogP contribution in [0, 0.1) is 5.82 Å². The Balaban J connectivity index is 2.30. The van der Waals surface area contributed by atoms with Gasteiger partial charge in [-0.05, 0) is 18.6 Å². The van der Waals surface area contributed by atoms with E-state index in [1.807, 2.05) is 0 Å². The van der Waals surface area contributed by atoms with Crippen LogP contribution in [0.2, 0.25) is 0 Å². The van der Waals surface area contributed by atoms with Gasteiger partial charge >= 0.3 is 0 Å². The number of aromatic nitrogens is 2. The summed E-state index contributed by atoms with van der Waals surface area (Å²) in [5.74, 6) is 0.452. The minimum absolute atomic E-state index is 0.271. The molecule has 2 rings (SSSR count). The van der Waals surface area contributed by atoms with Crippen LogP contribution < -0.4 is 5.32 Å². The van der Waals surface area contributed by atoms with E-state index in [4.69, 9.17) is 0 Å². The average Bonchev–Trinajstić information content (AvgIpc) is 2.37. The molecule has 3 nitrogen and oxygen atoms in total. The van der Waals surface area contributed by atoms with E-state index in [-0.39, 0.29) is 5.82 Å². The van der Waals surface area contributed by atoms with Gasteiger partial charge in [-0.1, -0.05) is 19.1 Å². The summed E-state index contributed by atoms with van der Waals surface area (Å²) in [6.07, 6.45) is 2.46. The van der Waals surface area contributed by atoms with Crippen LogP contribution in [0.25, 0.3) is 11.3 Å². The van der Waals surface area contributed by atoms with Crippen LogP contribution in [0.3, 0.4) is 0 Å². The molecule has 0 atom stereocenters. The molecule has 1 aromatic carbocycles. The van der Waals surface area contributed by atoms with Gasteiger partial charge in [0.2, 0.25) is 0 Å². The van der Waals surface area contributed by atoms with E-state index in [1.54, 1.807) is 24.3 Å². The van der Waals surface area contributed by atoms with Gasteiger partial charge < -0.3 is 5.32 Å². The van der Waals surface area contributed by atoms with Gasteiger partial charge in [0, 0.05) is 18.2 Å². The third kappa shape index (κ3) is 2.78. The van der Waals surface area contributed by atoms with Crippen LogP contribution in [0.1, 0.15) is 13.3 Å². The lowest BCUT2D eigenvalue weighted by Crippen LogP contribution is -2.02. The fourth-order valence-electron chi connectivity index (χ4n) is 1.52. The van der Waals surface area contributed by atoms with Crippen molar-refractivity contribution in [2.45, 2.75) is 13.3 Å². The highest BCUT2D eigenvalue weighted by atomic mass is 19.1. The Morgan fingerprint density at radius 2 is 2.06 bits per heavy atom. The summed E-state index contributed by atoms with van der Waals surface area (Å²) in [4.78, 5) is 8.17. The smallest absolute Gasteiger partial charge is 0.132 e. The number of benzene rings is 1. The molecule has 0 spiro atoms. The highest BCUT2D eigenvalue weighted by Gasteiger charge is 2.06. The van der Waals surface area contributed by atoms with Crippen LogP contribution >= 0.6 is 0 Å². The molecule has 1 aromatic heterocycles. The Kier molecular flexibility index (Phi) is 3.65. The Labute approximate surface area is 99.7 Å². The van der Waals surface area contributed by atoms with Crippen molar-refractivity contribution in [3.8, 4) is 11.3 Å². The summed E-state index contributed by atoms with van der Waals surface area (Å²) in [7, 11) is 0. The molecule has 0 aliphatic rings. The molecule has 17 heavy (non-hydrogen) atoms. The molecule has 0 aliphatic carbocycles. The zero-order chi connectivity index (χ0) is 12.1. The lowest BCUT2D eigenvalue weighted by atomic mass is 10.1. The maximum absolute atomic E-state index is 13.6. The number of hydrogen-bond donors (Lipinski definition) is 1. The van der Waals surface area contributed by atoms with Crippen molar-refractivity contribution in [2.75, 3.05) is 11.9 Å². The van der Waals surface area contributed by atoms with E-state index in [2.05, 4.69) is 22.2 Å². The summed E-state index contributed by atoms with van der Waals surface area (Å²) in [6.45, 7) is 2.92. The molecule has 4 heteroatoms. The van der Waals surface area contributed by atoms with Crippen LogP contribution in [0.5, 0.6) is 0 Å². The third-order valence-electron chi connectivity index (χ3n) is 2.37. The van der Waals surface area contributed by atoms with E-state index >= 15 is 0 Å². The van der Waals surface area contributed by atoms with E-state index in [9.17, 15) is 4.39 Å². The van der Waals surface area contributed by atoms with Gasteiger partial charge in [0.15, 0.2) is 0 Å². The first-order valence-electron chi connectivity index (χ1n) is 5.62. The number of anilines is 1. The zero-order valence-electron chi connectivity index (χ0n) is 9.65. The second-order valence-electron chi connectivity index (χ2n) is 3.70. The van der Waals surface area contributed by atoms with Gasteiger partial charge in [-0.3, -0.25) is 0 Å². The van der Waals surface area contributed by atoms with E-state index < -0.39 is 0 Å². The first kappa shape index (κ1) is 11.5. The molecule has 1 heterocycles. The van der Waals surface area contributed by atoms with Gasteiger partial charge in [0.1, 0.15) is 18.0 Å². The summed E-state index contributed by atoms with van der Waals surface area (Å²) >= 11 is 0. The fourth-order valence-corrected chi connectivity index (χ4v) is 1.52. The molecule has 0 radical (unpaired) electrons. The lowest BCUT2D eigenvalue weighted by molar-refractivity contribution is 0.630. The molecule has 0 saturated carbocycles. The quantitative estimate of drug-likeness (QED) is 0.878. The number of rotatable bonds is 4. The standard InChI is InChI=1S/C13H14FN3/c1-2-7-15-13-8-12(16-9-17-13)10-5-3-4-6-11(10)14/h3-6,8-9H,2,7H2,1H3,(H,15,16,17). The molecule has 1 N–H and O–H groups in total. The predicted molar refractivity (Wildman–Crippen MR) is 66.2 cm³/mol. The minimum atomic E-state index is -0.271. The molecule has 88 valence electrons. The van der Waals surface area contributed by atoms with Crippen molar-refractivity contribution < 1.29 is 4.39 Å². The monoisotopic (exact) mass is 231 g/mol. The lowest BCUT2D eigenvalue weighted by Gasteiger charge is -2.06. The van der Waals surface area contributed by atoms with Crippen LogP contribution in [-0.4, -0.2) is 16.5 Å². The third-order valence-corrected chi connectivity index (χ3v) is 2.37. The molecule has 0 bridgehead atoms. The highest BCUT2D eigenvalue weighted by Crippen LogP contribution is 2.21. The summed E-state index contributed by atoms with van der Waals surface area (Å²) in [5.41, 5.74) is 1.09. The Morgan fingerprint density at radius 1 is 1.24 bits per heavy atom. The maximum atomic E-state index is 13.6. The van der Waals surface area contributed by atoms with Gasteiger partial charge in [-0.15, -0.1) is 0 Å². The molecular weight excluding hydrogens is 217 g/mol. The average molecular weight is 231 g/mol. The van der Waals surface area contributed by atoms with Gasteiger partial charge in [0.25, 0.3) is 0 Å². The topological polar surface area (TPSA) is 37.8 Å². The van der Waals surface area contributed by atoms with E-state index in [1.165, 1.54) is 12.4 Å². The normalized spacial score (nSPS) is 10.2. The van der Waals surface area contributed by atoms with Crippen LogP contribution in [-0.2, 0) is 0 Å². The largest absolute Gasteiger partial charge is 0.370 e. The number of nitrogens with one attached hydrogen (secondary N) is 1. The van der Waals surface area contributed by atoms with Gasteiger partial charge in [0.05, 0.1) is 5.69 Å². The van der Waals surface area contributed by atoms with Crippen molar-refractivity contribution in [1.29, 1.82) is 0 Å². The number of halogens is 1. The molecular formula is C13H14FN3. The van der Waals surface area contributed by atoms with E-state index in [0.29, 0.717) is 11.3 Å². The van der Waals surface area contributed by atoms with Crippen LogP contribution in [0.4, 0.5) is 10.2 Å². The van der Waals surface area contributed by atoms with Gasteiger partial charge in [-0.2, -0.15) is 0 Å². The highest BCUT2D eigenvalue weighted by molar-refractivity contribution is 5.62. The summed E-state index contributed by atoms with van der Waals surface area (Å²) in [6, 6.07) is 8.35. The predicted octanol–water partition coefficient (Wildman–Crippen LogP) is 3.10. The zero-order valence-corrected chi connectivity index (χ0v) is 9.65. The maximum Gasteiger partial charge on any atom is 0.132 e. The Hall–Kier alpha value is -1.97. The molecule has 0 unspecified atom stereocenters. The van der Waals surface area contributed by atoms with E-state index in [0.717, 1.165) is 18.8 Å². The molecule has 0 amide bonds. The van der Waals surface area contributed by atoms with Crippen molar-refractivity contribution in [2.24, 2.45) is 0 Å². The second-order valence-corrected chi connectivity index (χ2v) is 3.70. The second kappa shape index (κ2) is 5.39. The molecule has 0 aliphatic heterocycles. The molecule has 0 saturated heterocycles. The first-order chi connectivity index (χ1) is 8.31. The van der Waals surface area contributed by atoms with Crippen molar-refractivity contribution in [3.63, 3.8) is 0 Å². The summed E-state index contributed by atoms with van der Waals surface area (Å²) < 4.78 is 13.6. The van der Waals surface area contributed by atoms with Gasteiger partial charge in [-0.25, -0.2) is 14.4 Å². The van der Waals surface area contributed by atoms with Crippen molar-refractivity contribution in [1.82, 2.24) is 9.97 Å². The Morgan fingerprint density at radius 3 is 2.82 bits per heavy atom. The summed E-state index contributed by atoms with van der Waals surface area (Å²) in [5, 5.41) is 3.15. The minimum Gasteiger partial charge on any atom is -0.370 e. The van der Waals surface area contributed by atoms with Crippen molar-refractivity contribution in [3.05, 3.63) is 42.5 Å².